The number of piperidine rings is 1. The van der Waals surface area contributed by atoms with Gasteiger partial charge in [-0.15, -0.1) is 0 Å². The molecule has 34 heavy (non-hydrogen) atoms. The number of amides is 1. The monoisotopic (exact) mass is 476 g/mol. The van der Waals surface area contributed by atoms with Crippen LogP contribution in [0.1, 0.15) is 24.8 Å². The number of rotatable bonds is 6. The van der Waals surface area contributed by atoms with Gasteiger partial charge in [0.15, 0.2) is 5.60 Å². The Bertz CT molecular complexity index is 971. The van der Waals surface area contributed by atoms with Crippen molar-refractivity contribution in [1.82, 2.24) is 10.2 Å². The number of nitrogens with zero attached hydrogens (tertiary/aromatic N) is 2. The van der Waals surface area contributed by atoms with E-state index in [-0.39, 0.29) is 37.8 Å². The first-order chi connectivity index (χ1) is 16.1. The smallest absolute Gasteiger partial charge is 0.380 e. The van der Waals surface area contributed by atoms with Gasteiger partial charge in [0, 0.05) is 56.1 Å². The molecule has 0 aromatic heterocycles. The molecule has 2 aliphatic heterocycles. The van der Waals surface area contributed by atoms with Crippen molar-refractivity contribution in [2.45, 2.75) is 37.6 Å². The van der Waals surface area contributed by atoms with Crippen LogP contribution in [0.3, 0.4) is 0 Å². The molecule has 2 aromatic carbocycles. The molecule has 184 valence electrons. The predicted molar refractivity (Wildman–Crippen MR) is 126 cm³/mol. The van der Waals surface area contributed by atoms with Crippen molar-refractivity contribution in [3.05, 3.63) is 54.1 Å². The van der Waals surface area contributed by atoms with E-state index in [1.54, 1.807) is 0 Å². The molecule has 9 heteroatoms. The number of halogens is 3. The molecule has 0 saturated carbocycles. The van der Waals surface area contributed by atoms with Crippen LogP contribution in [0.25, 0.3) is 0 Å². The molecule has 0 bridgehead atoms. The zero-order chi connectivity index (χ0) is 24.3. The molecule has 0 spiro atoms. The Balaban J connectivity index is 1.26. The lowest BCUT2D eigenvalue weighted by Crippen LogP contribution is -2.53. The van der Waals surface area contributed by atoms with Gasteiger partial charge < -0.3 is 25.5 Å². The van der Waals surface area contributed by atoms with E-state index in [2.05, 4.69) is 15.5 Å². The lowest BCUT2D eigenvalue weighted by molar-refractivity contribution is -0.266. The van der Waals surface area contributed by atoms with Crippen LogP contribution in [0.5, 0.6) is 0 Å². The van der Waals surface area contributed by atoms with Gasteiger partial charge in [-0.1, -0.05) is 12.1 Å². The highest BCUT2D eigenvalue weighted by atomic mass is 19.4. The van der Waals surface area contributed by atoms with Gasteiger partial charge in [0.2, 0.25) is 5.91 Å². The molecule has 2 heterocycles. The van der Waals surface area contributed by atoms with Gasteiger partial charge in [-0.3, -0.25) is 4.79 Å². The number of benzene rings is 2. The average molecular weight is 477 g/mol. The highest BCUT2D eigenvalue weighted by Crippen LogP contribution is 2.39. The fraction of sp³-hybridized carbons (Fsp3) is 0.480. The summed E-state index contributed by atoms with van der Waals surface area (Å²) in [4.78, 5) is 16.3. The van der Waals surface area contributed by atoms with Gasteiger partial charge >= 0.3 is 6.18 Å². The summed E-state index contributed by atoms with van der Waals surface area (Å²) in [6.07, 6.45) is -4.36. The van der Waals surface area contributed by atoms with Crippen LogP contribution >= 0.6 is 0 Å². The molecule has 4 rings (SSSR count). The second kappa shape index (κ2) is 9.84. The molecule has 1 atom stereocenters. The molecule has 1 unspecified atom stereocenters. The molecule has 0 aliphatic carbocycles. The van der Waals surface area contributed by atoms with Gasteiger partial charge in [-0.2, -0.15) is 13.2 Å². The van der Waals surface area contributed by atoms with Crippen LogP contribution in [-0.2, 0) is 11.3 Å². The molecule has 1 amide bonds. The van der Waals surface area contributed by atoms with Crippen molar-refractivity contribution in [1.29, 1.82) is 0 Å². The maximum absolute atomic E-state index is 13.0. The summed E-state index contributed by atoms with van der Waals surface area (Å²) >= 11 is 0. The normalized spacial score (nSPS) is 20.9. The first kappa shape index (κ1) is 24.3. The van der Waals surface area contributed by atoms with Crippen molar-refractivity contribution in [3.63, 3.8) is 0 Å². The van der Waals surface area contributed by atoms with Crippen LogP contribution in [0.2, 0.25) is 0 Å². The van der Waals surface area contributed by atoms with E-state index in [1.807, 2.05) is 60.5 Å². The SMILES string of the molecule is CN1CCC(C(=O)NCc2ccc(Nc3ccc(N4CCC(O)(C(F)(F)F)CC4)cc3)cc2)C1. The number of hydrogen-bond acceptors (Lipinski definition) is 5. The first-order valence-electron chi connectivity index (χ1n) is 11.6. The average Bonchev–Trinajstić information content (AvgIpc) is 3.25. The largest absolute Gasteiger partial charge is 0.417 e. The van der Waals surface area contributed by atoms with E-state index in [1.165, 1.54) is 0 Å². The lowest BCUT2D eigenvalue weighted by atomic mass is 9.90. The molecule has 2 fully saturated rings. The third-order valence-electron chi connectivity index (χ3n) is 6.82. The lowest BCUT2D eigenvalue weighted by Gasteiger charge is -2.40. The highest BCUT2D eigenvalue weighted by molar-refractivity contribution is 5.79. The van der Waals surface area contributed by atoms with Crippen molar-refractivity contribution < 1.29 is 23.1 Å². The van der Waals surface area contributed by atoms with E-state index in [9.17, 15) is 23.1 Å². The van der Waals surface area contributed by atoms with Gasteiger partial charge in [0.1, 0.15) is 0 Å². The van der Waals surface area contributed by atoms with Gasteiger partial charge in [-0.25, -0.2) is 0 Å². The summed E-state index contributed by atoms with van der Waals surface area (Å²) < 4.78 is 39.0. The van der Waals surface area contributed by atoms with Crippen molar-refractivity contribution >= 4 is 23.0 Å². The molecular formula is C25H31F3N4O2. The molecule has 3 N–H and O–H groups in total. The number of carbonyl (C=O) groups is 1. The Morgan fingerprint density at radius 1 is 1.03 bits per heavy atom. The Morgan fingerprint density at radius 2 is 1.62 bits per heavy atom. The Hall–Kier alpha value is -2.78. The number of aliphatic hydroxyl groups is 1. The number of nitrogens with one attached hydrogen (secondary N) is 2. The minimum atomic E-state index is -4.60. The molecule has 2 aromatic rings. The van der Waals surface area contributed by atoms with Crippen molar-refractivity contribution in [3.8, 4) is 0 Å². The zero-order valence-electron chi connectivity index (χ0n) is 19.2. The quantitative estimate of drug-likeness (QED) is 0.590. The zero-order valence-corrected chi connectivity index (χ0v) is 19.2. The standard InChI is InChI=1S/C25H31F3N4O2/c1-31-13-10-19(17-31)23(33)29-16-18-2-4-20(5-3-18)30-21-6-8-22(9-7-21)32-14-11-24(34,12-15-32)25(26,27)28/h2-9,19,30,34H,10-17H2,1H3,(H,29,33). The third-order valence-corrected chi connectivity index (χ3v) is 6.82. The Morgan fingerprint density at radius 3 is 2.15 bits per heavy atom. The molecular weight excluding hydrogens is 445 g/mol. The highest BCUT2D eigenvalue weighted by Gasteiger charge is 2.54. The summed E-state index contributed by atoms with van der Waals surface area (Å²) in [5, 5.41) is 16.2. The number of carbonyl (C=O) groups excluding carboxylic acids is 1. The van der Waals surface area contributed by atoms with Gasteiger partial charge in [-0.05, 0) is 62.0 Å². The number of hydrogen-bond donors (Lipinski definition) is 3. The second-order valence-electron chi connectivity index (χ2n) is 9.35. The first-order valence-corrected chi connectivity index (χ1v) is 11.6. The van der Waals surface area contributed by atoms with E-state index >= 15 is 0 Å². The fourth-order valence-corrected chi connectivity index (χ4v) is 4.53. The summed E-state index contributed by atoms with van der Waals surface area (Å²) in [6, 6.07) is 15.3. The number of alkyl halides is 3. The van der Waals surface area contributed by atoms with Crippen molar-refractivity contribution in [2.75, 3.05) is 43.4 Å². The van der Waals surface area contributed by atoms with Crippen LogP contribution in [0.15, 0.2) is 48.5 Å². The van der Waals surface area contributed by atoms with Crippen LogP contribution in [0, 0.1) is 5.92 Å². The molecule has 0 radical (unpaired) electrons. The molecule has 6 nitrogen and oxygen atoms in total. The van der Waals surface area contributed by atoms with E-state index in [4.69, 9.17) is 0 Å². The van der Waals surface area contributed by atoms with E-state index < -0.39 is 11.8 Å². The molecule has 2 aliphatic rings. The maximum Gasteiger partial charge on any atom is 0.417 e. The molecule has 2 saturated heterocycles. The minimum Gasteiger partial charge on any atom is -0.380 e. The minimum absolute atomic E-state index is 0.0645. The number of likely N-dealkylation sites (tertiary alicyclic amines) is 1. The Labute approximate surface area is 197 Å². The van der Waals surface area contributed by atoms with Gasteiger partial charge in [0.05, 0.1) is 5.92 Å². The topological polar surface area (TPSA) is 67.8 Å². The van der Waals surface area contributed by atoms with Crippen LogP contribution in [-0.4, -0.2) is 60.9 Å². The second-order valence-corrected chi connectivity index (χ2v) is 9.35. The van der Waals surface area contributed by atoms with Crippen LogP contribution in [0.4, 0.5) is 30.2 Å². The van der Waals surface area contributed by atoms with Crippen molar-refractivity contribution in [2.24, 2.45) is 5.92 Å². The summed E-state index contributed by atoms with van der Waals surface area (Å²) in [6.45, 7) is 2.56. The third kappa shape index (κ3) is 5.64. The number of anilines is 3. The Kier molecular flexibility index (Phi) is 7.04. The fourth-order valence-electron chi connectivity index (χ4n) is 4.53. The van der Waals surface area contributed by atoms with E-state index in [0.29, 0.717) is 6.54 Å². The maximum atomic E-state index is 13.0. The predicted octanol–water partition coefficient (Wildman–Crippen LogP) is 3.89. The van der Waals surface area contributed by atoms with Crippen LogP contribution < -0.4 is 15.5 Å². The van der Waals surface area contributed by atoms with Gasteiger partial charge in [0.25, 0.3) is 0 Å². The summed E-state index contributed by atoms with van der Waals surface area (Å²) in [5.74, 6) is 0.165. The van der Waals surface area contributed by atoms with E-state index in [0.717, 1.165) is 42.1 Å². The summed E-state index contributed by atoms with van der Waals surface area (Å²) in [5.41, 5.74) is 1.01. The summed E-state index contributed by atoms with van der Waals surface area (Å²) in [7, 11) is 2.03.